The molecule has 132 valence electrons. The summed E-state index contributed by atoms with van der Waals surface area (Å²) >= 11 is 0. The molecule has 0 saturated carbocycles. The summed E-state index contributed by atoms with van der Waals surface area (Å²) < 4.78 is 31.3. The lowest BCUT2D eigenvalue weighted by Crippen LogP contribution is -2.16. The Morgan fingerprint density at radius 1 is 1.42 bits per heavy atom. The maximum atomic E-state index is 12.8. The zero-order chi connectivity index (χ0) is 17.1. The van der Waals surface area contributed by atoms with Crippen LogP contribution >= 0.6 is 12.4 Å². The van der Waals surface area contributed by atoms with Gasteiger partial charge in [0.2, 0.25) is 5.91 Å². The van der Waals surface area contributed by atoms with Gasteiger partial charge in [0.25, 0.3) is 0 Å². The first-order valence-corrected chi connectivity index (χ1v) is 6.89. The van der Waals surface area contributed by atoms with Gasteiger partial charge in [0.05, 0.1) is 30.6 Å². The molecule has 0 saturated heterocycles. The first-order valence-electron chi connectivity index (χ1n) is 6.89. The van der Waals surface area contributed by atoms with E-state index in [2.05, 4.69) is 10.4 Å². The molecule has 6 nitrogen and oxygen atoms in total. The maximum absolute atomic E-state index is 12.8. The number of methoxy groups -OCH3 is 1. The van der Waals surface area contributed by atoms with Crippen LogP contribution < -0.4 is 15.8 Å². The van der Waals surface area contributed by atoms with Gasteiger partial charge in [-0.05, 0) is 26.0 Å². The van der Waals surface area contributed by atoms with E-state index >= 15 is 0 Å². The van der Waals surface area contributed by atoms with Gasteiger partial charge < -0.3 is 15.8 Å². The predicted molar refractivity (Wildman–Crippen MR) is 89.9 cm³/mol. The van der Waals surface area contributed by atoms with Crippen molar-refractivity contribution in [2.75, 3.05) is 18.2 Å². The third-order valence-corrected chi connectivity index (χ3v) is 3.53. The van der Waals surface area contributed by atoms with Crippen LogP contribution in [0.15, 0.2) is 18.2 Å². The number of nitrogens with zero attached hydrogens (tertiary/aromatic N) is 2. The molecule has 1 aromatic carbocycles. The van der Waals surface area contributed by atoms with E-state index in [1.54, 1.807) is 25.1 Å². The molecule has 2 rings (SSSR count). The minimum absolute atomic E-state index is 0. The molecule has 0 unspecified atom stereocenters. The van der Waals surface area contributed by atoms with Crippen molar-refractivity contribution in [3.8, 4) is 5.75 Å². The molecule has 0 bridgehead atoms. The minimum Gasteiger partial charge on any atom is -0.497 e. The zero-order valence-corrected chi connectivity index (χ0v) is 14.3. The Kier molecular flexibility index (Phi) is 6.53. The van der Waals surface area contributed by atoms with Crippen LogP contribution in [0.25, 0.3) is 0 Å². The van der Waals surface area contributed by atoms with Gasteiger partial charge >= 0.3 is 6.55 Å². The number of rotatable bonds is 5. The molecule has 0 radical (unpaired) electrons. The van der Waals surface area contributed by atoms with E-state index in [9.17, 15) is 13.6 Å². The van der Waals surface area contributed by atoms with Crippen molar-refractivity contribution in [2.24, 2.45) is 0 Å². The van der Waals surface area contributed by atoms with Crippen LogP contribution in [0.5, 0.6) is 5.75 Å². The average Bonchev–Trinajstić information content (AvgIpc) is 2.77. The van der Waals surface area contributed by atoms with E-state index < -0.39 is 6.55 Å². The van der Waals surface area contributed by atoms with Crippen LogP contribution in [0.3, 0.4) is 0 Å². The second-order valence-electron chi connectivity index (χ2n) is 5.05. The number of amides is 1. The summed E-state index contributed by atoms with van der Waals surface area (Å²) in [5, 5.41) is 6.41. The molecule has 0 atom stereocenters. The van der Waals surface area contributed by atoms with E-state index in [0.717, 1.165) is 0 Å². The van der Waals surface area contributed by atoms with Crippen LogP contribution in [0.2, 0.25) is 0 Å². The number of aryl methyl sites for hydroxylation is 1. The summed E-state index contributed by atoms with van der Waals surface area (Å²) in [7, 11) is 1.50. The van der Waals surface area contributed by atoms with E-state index in [4.69, 9.17) is 10.5 Å². The Morgan fingerprint density at radius 2 is 2.08 bits per heavy atom. The second kappa shape index (κ2) is 7.96. The SMILES string of the molecule is COc1ccc(N)c(NC(=O)Cc2c(C)nn(C(F)F)c2C)c1.Cl. The topological polar surface area (TPSA) is 82.2 Å². The van der Waals surface area contributed by atoms with Crippen LogP contribution in [0.1, 0.15) is 23.5 Å². The van der Waals surface area contributed by atoms with Crippen molar-refractivity contribution in [3.05, 3.63) is 35.2 Å². The Hall–Kier alpha value is -2.35. The van der Waals surface area contributed by atoms with E-state index in [-0.39, 0.29) is 30.4 Å². The van der Waals surface area contributed by atoms with Crippen LogP contribution in [0, 0.1) is 13.8 Å². The Morgan fingerprint density at radius 3 is 2.62 bits per heavy atom. The summed E-state index contributed by atoms with van der Waals surface area (Å²) in [6, 6.07) is 4.88. The third-order valence-electron chi connectivity index (χ3n) is 3.53. The number of nitrogens with one attached hydrogen (secondary N) is 1. The molecule has 0 aliphatic heterocycles. The average molecular weight is 361 g/mol. The number of aromatic nitrogens is 2. The molecule has 0 spiro atoms. The van der Waals surface area contributed by atoms with Gasteiger partial charge in [0, 0.05) is 17.3 Å². The Labute approximate surface area is 144 Å². The molecule has 3 N–H and O–H groups in total. The zero-order valence-electron chi connectivity index (χ0n) is 13.5. The summed E-state index contributed by atoms with van der Waals surface area (Å²) in [6.45, 7) is 0.364. The lowest BCUT2D eigenvalue weighted by Gasteiger charge is -2.10. The molecule has 1 heterocycles. The largest absolute Gasteiger partial charge is 0.497 e. The number of ether oxygens (including phenoxy) is 1. The fourth-order valence-corrected chi connectivity index (χ4v) is 2.27. The number of carbonyl (C=O) groups is 1. The van der Waals surface area contributed by atoms with Gasteiger partial charge in [-0.2, -0.15) is 13.9 Å². The Balaban J connectivity index is 0.00000288. The fraction of sp³-hybridized carbons (Fsp3) is 0.333. The fourth-order valence-electron chi connectivity index (χ4n) is 2.27. The van der Waals surface area contributed by atoms with E-state index in [0.29, 0.717) is 33.1 Å². The van der Waals surface area contributed by atoms with Crippen molar-refractivity contribution in [2.45, 2.75) is 26.8 Å². The first kappa shape index (κ1) is 19.7. The molecule has 0 aliphatic carbocycles. The summed E-state index contributed by atoms with van der Waals surface area (Å²) in [4.78, 5) is 12.2. The number of carbonyl (C=O) groups excluding carboxylic acids is 1. The molecule has 0 aliphatic rings. The molecule has 1 amide bonds. The number of alkyl halides is 2. The van der Waals surface area contributed by atoms with E-state index in [1.807, 2.05) is 0 Å². The van der Waals surface area contributed by atoms with Gasteiger partial charge in [-0.15, -0.1) is 12.4 Å². The molecule has 0 fully saturated rings. The number of anilines is 2. The number of nitrogen functional groups attached to an aromatic ring is 1. The van der Waals surface area contributed by atoms with Crippen molar-refractivity contribution < 1.29 is 18.3 Å². The number of halogens is 3. The van der Waals surface area contributed by atoms with Gasteiger partial charge in [-0.3, -0.25) is 4.79 Å². The lowest BCUT2D eigenvalue weighted by atomic mass is 10.1. The maximum Gasteiger partial charge on any atom is 0.333 e. The molecule has 24 heavy (non-hydrogen) atoms. The standard InChI is InChI=1S/C15H18F2N4O2.ClH/c1-8-11(9(2)21(20-8)15(16)17)7-14(22)19-13-6-10(23-3)4-5-12(13)18;/h4-6,15H,7,18H2,1-3H3,(H,19,22);1H. The highest BCUT2D eigenvalue weighted by Crippen LogP contribution is 2.25. The highest BCUT2D eigenvalue weighted by molar-refractivity contribution is 5.95. The van der Waals surface area contributed by atoms with Gasteiger partial charge in [-0.25, -0.2) is 4.68 Å². The molecule has 1 aromatic heterocycles. The molecule has 9 heteroatoms. The number of hydrogen-bond acceptors (Lipinski definition) is 4. The second-order valence-corrected chi connectivity index (χ2v) is 5.05. The highest BCUT2D eigenvalue weighted by atomic mass is 35.5. The molecular formula is C15H19ClF2N4O2. The lowest BCUT2D eigenvalue weighted by molar-refractivity contribution is -0.115. The van der Waals surface area contributed by atoms with Gasteiger partial charge in [0.15, 0.2) is 0 Å². The van der Waals surface area contributed by atoms with Crippen molar-refractivity contribution in [1.29, 1.82) is 0 Å². The number of nitrogens with two attached hydrogens (primary N) is 1. The number of benzene rings is 1. The monoisotopic (exact) mass is 360 g/mol. The predicted octanol–water partition coefficient (Wildman–Crippen LogP) is 3.09. The van der Waals surface area contributed by atoms with Crippen molar-refractivity contribution >= 4 is 29.7 Å². The Bertz CT molecular complexity index is 735. The van der Waals surface area contributed by atoms with Gasteiger partial charge in [0.1, 0.15) is 5.75 Å². The third kappa shape index (κ3) is 4.14. The van der Waals surface area contributed by atoms with Gasteiger partial charge in [-0.1, -0.05) is 0 Å². The van der Waals surface area contributed by atoms with Crippen molar-refractivity contribution in [3.63, 3.8) is 0 Å². The quantitative estimate of drug-likeness (QED) is 0.803. The normalized spacial score (nSPS) is 10.4. The highest BCUT2D eigenvalue weighted by Gasteiger charge is 2.19. The minimum atomic E-state index is -2.74. The molecular weight excluding hydrogens is 342 g/mol. The summed E-state index contributed by atoms with van der Waals surface area (Å²) in [5.74, 6) is 0.178. The molecule has 2 aromatic rings. The smallest absolute Gasteiger partial charge is 0.333 e. The van der Waals surface area contributed by atoms with Crippen LogP contribution in [-0.2, 0) is 11.2 Å². The van der Waals surface area contributed by atoms with Crippen LogP contribution in [0.4, 0.5) is 20.2 Å². The van der Waals surface area contributed by atoms with E-state index in [1.165, 1.54) is 14.0 Å². The first-order chi connectivity index (χ1) is 10.8. The summed E-state index contributed by atoms with van der Waals surface area (Å²) in [6.07, 6.45) is -0.0684. The summed E-state index contributed by atoms with van der Waals surface area (Å²) in [5.41, 5.74) is 7.74. The van der Waals surface area contributed by atoms with Crippen molar-refractivity contribution in [1.82, 2.24) is 9.78 Å². The van der Waals surface area contributed by atoms with Crippen LogP contribution in [-0.4, -0.2) is 22.8 Å². The number of hydrogen-bond donors (Lipinski definition) is 2.